The lowest BCUT2D eigenvalue weighted by molar-refractivity contribution is -0.142. The van der Waals surface area contributed by atoms with Crippen molar-refractivity contribution < 1.29 is 19.4 Å². The summed E-state index contributed by atoms with van der Waals surface area (Å²) in [5.74, 6) is -1.76. The largest absolute Gasteiger partial charge is 0.481 e. The average molecular weight is 295 g/mol. The van der Waals surface area contributed by atoms with Crippen LogP contribution in [0, 0.1) is 5.92 Å². The number of aliphatic carboxylic acids is 1. The third-order valence-corrected chi connectivity index (χ3v) is 4.32. The van der Waals surface area contributed by atoms with Crippen LogP contribution in [-0.4, -0.2) is 54.4 Å². The van der Waals surface area contributed by atoms with Gasteiger partial charge in [-0.15, -0.1) is 11.8 Å². The maximum Gasteiger partial charge on any atom is 0.311 e. The highest BCUT2D eigenvalue weighted by Crippen LogP contribution is 2.25. The van der Waals surface area contributed by atoms with Crippen LogP contribution in [0.3, 0.4) is 0 Å². The minimum Gasteiger partial charge on any atom is -0.481 e. The maximum absolute atomic E-state index is 12.5. The summed E-state index contributed by atoms with van der Waals surface area (Å²) >= 11 is 1.50. The van der Waals surface area contributed by atoms with Gasteiger partial charge in [-0.05, 0) is 18.4 Å². The van der Waals surface area contributed by atoms with Crippen molar-refractivity contribution >= 4 is 23.6 Å². The molecular weight excluding hydrogens is 278 g/mol. The lowest BCUT2D eigenvalue weighted by Gasteiger charge is -2.27. The van der Waals surface area contributed by atoms with Crippen LogP contribution < -0.4 is 0 Å². The number of thioether (sulfide) groups is 1. The van der Waals surface area contributed by atoms with Gasteiger partial charge < -0.3 is 14.7 Å². The Morgan fingerprint density at radius 2 is 2.05 bits per heavy atom. The first-order valence-corrected chi connectivity index (χ1v) is 7.49. The van der Waals surface area contributed by atoms with Crippen molar-refractivity contribution in [2.24, 2.45) is 5.92 Å². The molecule has 5 nitrogen and oxygen atoms in total. The fraction of sp³-hybridized carbons (Fsp3) is 0.429. The van der Waals surface area contributed by atoms with E-state index in [0.717, 1.165) is 4.90 Å². The Kier molecular flexibility index (Phi) is 4.67. The minimum absolute atomic E-state index is 0.155. The van der Waals surface area contributed by atoms with Crippen LogP contribution in [-0.2, 0) is 9.53 Å². The number of rotatable bonds is 4. The predicted molar refractivity (Wildman–Crippen MR) is 76.0 cm³/mol. The number of amides is 1. The zero-order valence-corrected chi connectivity index (χ0v) is 12.2. The van der Waals surface area contributed by atoms with E-state index >= 15 is 0 Å². The van der Waals surface area contributed by atoms with E-state index in [4.69, 9.17) is 9.84 Å². The van der Waals surface area contributed by atoms with Crippen LogP contribution in [0.25, 0.3) is 0 Å². The smallest absolute Gasteiger partial charge is 0.311 e. The highest BCUT2D eigenvalue weighted by Gasteiger charge is 2.38. The number of benzene rings is 1. The Hall–Kier alpha value is -1.53. The molecule has 1 aliphatic heterocycles. The molecule has 0 aliphatic carbocycles. The molecule has 0 bridgehead atoms. The number of carbonyl (C=O) groups excluding carboxylic acids is 1. The maximum atomic E-state index is 12.5. The molecule has 1 saturated heterocycles. The molecule has 2 unspecified atom stereocenters. The monoisotopic (exact) mass is 295 g/mol. The molecule has 0 spiro atoms. The third-order valence-electron chi connectivity index (χ3n) is 3.52. The number of nitrogens with zero attached hydrogens (tertiary/aromatic N) is 1. The molecule has 2 rings (SSSR count). The van der Waals surface area contributed by atoms with Crippen LogP contribution in [0.2, 0.25) is 0 Å². The van der Waals surface area contributed by atoms with Gasteiger partial charge in [-0.1, -0.05) is 12.1 Å². The standard InChI is InChI=1S/C14H17NO4S/c1-15(11-8-19-7-10(11)14(17)18)13(16)9-5-3-4-6-12(9)20-2/h3-6,10-11H,7-8H2,1-2H3,(H,17,18). The third kappa shape index (κ3) is 2.81. The van der Waals surface area contributed by atoms with Gasteiger partial charge in [0.15, 0.2) is 0 Å². The Balaban J connectivity index is 2.22. The van der Waals surface area contributed by atoms with Gasteiger partial charge in [0.25, 0.3) is 5.91 Å². The molecular formula is C14H17NO4S. The lowest BCUT2D eigenvalue weighted by Crippen LogP contribution is -2.44. The minimum atomic E-state index is -0.926. The lowest BCUT2D eigenvalue weighted by atomic mass is 10.0. The van der Waals surface area contributed by atoms with Crippen LogP contribution in [0.5, 0.6) is 0 Å². The molecule has 6 heteroatoms. The molecule has 1 aliphatic rings. The molecule has 2 atom stereocenters. The van der Waals surface area contributed by atoms with Crippen molar-refractivity contribution in [3.63, 3.8) is 0 Å². The van der Waals surface area contributed by atoms with E-state index in [-0.39, 0.29) is 19.1 Å². The van der Waals surface area contributed by atoms with Crippen molar-refractivity contribution in [2.45, 2.75) is 10.9 Å². The number of carboxylic acids is 1. The highest BCUT2D eigenvalue weighted by molar-refractivity contribution is 7.98. The van der Waals surface area contributed by atoms with Crippen molar-refractivity contribution in [3.05, 3.63) is 29.8 Å². The molecule has 0 aromatic heterocycles. The fourth-order valence-corrected chi connectivity index (χ4v) is 2.91. The topological polar surface area (TPSA) is 66.8 Å². The molecule has 1 heterocycles. The van der Waals surface area contributed by atoms with E-state index in [9.17, 15) is 9.59 Å². The first-order chi connectivity index (χ1) is 9.56. The second-order valence-corrected chi connectivity index (χ2v) is 5.51. The van der Waals surface area contributed by atoms with Crippen molar-refractivity contribution in [1.29, 1.82) is 0 Å². The van der Waals surface area contributed by atoms with Gasteiger partial charge in [-0.2, -0.15) is 0 Å². The Morgan fingerprint density at radius 3 is 2.70 bits per heavy atom. The van der Waals surface area contributed by atoms with Crippen LogP contribution in [0.1, 0.15) is 10.4 Å². The Bertz CT molecular complexity index is 520. The molecule has 0 radical (unpaired) electrons. The van der Waals surface area contributed by atoms with Crippen molar-refractivity contribution in [3.8, 4) is 0 Å². The van der Waals surface area contributed by atoms with Gasteiger partial charge in [-0.3, -0.25) is 9.59 Å². The van der Waals surface area contributed by atoms with Gasteiger partial charge >= 0.3 is 5.97 Å². The predicted octanol–water partition coefficient (Wildman–Crippen LogP) is 1.58. The van der Waals surface area contributed by atoms with Gasteiger partial charge in [0.05, 0.1) is 24.8 Å². The van der Waals surface area contributed by atoms with E-state index in [0.29, 0.717) is 5.56 Å². The number of carboxylic acid groups (broad SMARTS) is 1. The molecule has 0 saturated carbocycles. The van der Waals surface area contributed by atoms with Crippen LogP contribution in [0.4, 0.5) is 0 Å². The summed E-state index contributed by atoms with van der Waals surface area (Å²) in [6, 6.07) is 6.90. The van der Waals surface area contributed by atoms with E-state index in [1.165, 1.54) is 16.7 Å². The molecule has 1 N–H and O–H groups in total. The second kappa shape index (κ2) is 6.28. The zero-order valence-electron chi connectivity index (χ0n) is 11.4. The zero-order chi connectivity index (χ0) is 14.7. The SMILES string of the molecule is CSc1ccccc1C(=O)N(C)C1COCC1C(=O)O. The van der Waals surface area contributed by atoms with Gasteiger partial charge in [-0.25, -0.2) is 0 Å². The summed E-state index contributed by atoms with van der Waals surface area (Å²) in [5.41, 5.74) is 0.596. The van der Waals surface area contributed by atoms with Gasteiger partial charge in [0.1, 0.15) is 5.92 Å². The molecule has 1 aromatic rings. The number of carbonyl (C=O) groups is 2. The number of hydrogen-bond donors (Lipinski definition) is 1. The summed E-state index contributed by atoms with van der Waals surface area (Å²) in [4.78, 5) is 26.1. The average Bonchev–Trinajstić information content (AvgIpc) is 2.95. The quantitative estimate of drug-likeness (QED) is 0.854. The second-order valence-electron chi connectivity index (χ2n) is 4.67. The summed E-state index contributed by atoms with van der Waals surface area (Å²) in [7, 11) is 1.63. The molecule has 1 fully saturated rings. The van der Waals surface area contributed by atoms with Crippen LogP contribution in [0.15, 0.2) is 29.2 Å². The van der Waals surface area contributed by atoms with Crippen molar-refractivity contribution in [1.82, 2.24) is 4.90 Å². The van der Waals surface area contributed by atoms with E-state index in [1.807, 2.05) is 18.4 Å². The molecule has 20 heavy (non-hydrogen) atoms. The molecule has 108 valence electrons. The summed E-state index contributed by atoms with van der Waals surface area (Å²) < 4.78 is 5.21. The van der Waals surface area contributed by atoms with E-state index in [1.54, 1.807) is 19.2 Å². The summed E-state index contributed by atoms with van der Waals surface area (Å²) in [5, 5.41) is 9.16. The number of hydrogen-bond acceptors (Lipinski definition) is 4. The summed E-state index contributed by atoms with van der Waals surface area (Å²) in [6.07, 6.45) is 1.91. The number of likely N-dealkylation sites (N-methyl/N-ethyl adjacent to an activating group) is 1. The molecule has 1 amide bonds. The summed E-state index contributed by atoms with van der Waals surface area (Å²) in [6.45, 7) is 0.419. The van der Waals surface area contributed by atoms with Crippen LogP contribution >= 0.6 is 11.8 Å². The number of ether oxygens (including phenoxy) is 1. The van der Waals surface area contributed by atoms with Gasteiger partial charge in [0, 0.05) is 11.9 Å². The van der Waals surface area contributed by atoms with Crippen molar-refractivity contribution in [2.75, 3.05) is 26.5 Å². The normalized spacial score (nSPS) is 21.7. The van der Waals surface area contributed by atoms with E-state index < -0.39 is 17.9 Å². The first kappa shape index (κ1) is 14.9. The highest BCUT2D eigenvalue weighted by atomic mass is 32.2. The Morgan fingerprint density at radius 1 is 1.35 bits per heavy atom. The van der Waals surface area contributed by atoms with Gasteiger partial charge in [0.2, 0.25) is 0 Å². The molecule has 1 aromatic carbocycles. The fourth-order valence-electron chi connectivity index (χ4n) is 2.32. The first-order valence-electron chi connectivity index (χ1n) is 6.27. The van der Waals surface area contributed by atoms with E-state index in [2.05, 4.69) is 0 Å². The Labute approximate surface area is 121 Å².